The summed E-state index contributed by atoms with van der Waals surface area (Å²) >= 11 is 1.35. The Bertz CT molecular complexity index is 1100. The minimum atomic E-state index is -0.294. The number of amides is 1. The van der Waals surface area contributed by atoms with Crippen LogP contribution in [0, 0.1) is 5.82 Å². The van der Waals surface area contributed by atoms with Gasteiger partial charge in [0.15, 0.2) is 0 Å². The van der Waals surface area contributed by atoms with Gasteiger partial charge in [0.05, 0.1) is 12.8 Å². The van der Waals surface area contributed by atoms with Crippen molar-refractivity contribution in [1.82, 2.24) is 4.57 Å². The molecule has 4 aromatic rings. The minimum Gasteiger partial charge on any atom is -0.497 e. The molecular formula is C22H17FN2O2S. The number of nitrogens with zero attached hydrogens (tertiary/aromatic N) is 1. The molecule has 0 radical (unpaired) electrons. The molecule has 6 heteroatoms. The number of hydrogen-bond acceptors (Lipinski definition) is 3. The molecule has 1 amide bonds. The molecule has 4 nitrogen and oxygen atoms in total. The lowest BCUT2D eigenvalue weighted by Crippen LogP contribution is -2.13. The third-order valence-electron chi connectivity index (χ3n) is 4.32. The van der Waals surface area contributed by atoms with Crippen molar-refractivity contribution >= 4 is 22.9 Å². The molecule has 4 rings (SSSR count). The van der Waals surface area contributed by atoms with Gasteiger partial charge >= 0.3 is 0 Å². The third-order valence-corrected chi connectivity index (χ3v) is 5.28. The maximum Gasteiger partial charge on any atom is 0.267 e. The van der Waals surface area contributed by atoms with Crippen molar-refractivity contribution in [2.24, 2.45) is 0 Å². The number of carbonyl (C=O) groups is 1. The molecule has 0 saturated carbocycles. The summed E-state index contributed by atoms with van der Waals surface area (Å²) in [5, 5.41) is 4.85. The Morgan fingerprint density at radius 3 is 2.54 bits per heavy atom. The predicted octanol–water partition coefficient (Wildman–Crippen LogP) is 5.61. The normalized spacial score (nSPS) is 10.6. The third kappa shape index (κ3) is 3.54. The Morgan fingerprint density at radius 2 is 1.82 bits per heavy atom. The topological polar surface area (TPSA) is 43.3 Å². The van der Waals surface area contributed by atoms with Crippen LogP contribution in [0.15, 0.2) is 78.4 Å². The Balaban J connectivity index is 1.74. The quantitative estimate of drug-likeness (QED) is 0.480. The lowest BCUT2D eigenvalue weighted by atomic mass is 10.1. The number of ether oxygens (including phenoxy) is 1. The first-order valence-corrected chi connectivity index (χ1v) is 9.50. The molecule has 140 valence electrons. The van der Waals surface area contributed by atoms with Crippen LogP contribution in [0.3, 0.4) is 0 Å². The van der Waals surface area contributed by atoms with Crippen molar-refractivity contribution in [2.75, 3.05) is 12.4 Å². The lowest BCUT2D eigenvalue weighted by molar-refractivity contribution is 0.103. The summed E-state index contributed by atoms with van der Waals surface area (Å²) in [4.78, 5) is 13.6. The van der Waals surface area contributed by atoms with Crippen LogP contribution in [-0.4, -0.2) is 17.6 Å². The molecule has 0 fully saturated rings. The Kier molecular flexibility index (Phi) is 4.95. The number of halogens is 1. The summed E-state index contributed by atoms with van der Waals surface area (Å²) in [6.45, 7) is 0. The highest BCUT2D eigenvalue weighted by Gasteiger charge is 2.20. The fraction of sp³-hybridized carbons (Fsp3) is 0.0455. The van der Waals surface area contributed by atoms with Crippen molar-refractivity contribution in [2.45, 2.75) is 0 Å². The van der Waals surface area contributed by atoms with Gasteiger partial charge in [0, 0.05) is 35.1 Å². The molecule has 28 heavy (non-hydrogen) atoms. The number of rotatable bonds is 5. The number of aromatic nitrogens is 1. The average molecular weight is 392 g/mol. The zero-order valence-electron chi connectivity index (χ0n) is 15.1. The van der Waals surface area contributed by atoms with Gasteiger partial charge in [0.2, 0.25) is 0 Å². The van der Waals surface area contributed by atoms with E-state index in [4.69, 9.17) is 4.74 Å². The van der Waals surface area contributed by atoms with Gasteiger partial charge in [-0.15, -0.1) is 11.3 Å². The maximum absolute atomic E-state index is 13.3. The van der Waals surface area contributed by atoms with Crippen molar-refractivity contribution < 1.29 is 13.9 Å². The summed E-state index contributed by atoms with van der Waals surface area (Å²) in [7, 11) is 1.58. The van der Waals surface area contributed by atoms with Gasteiger partial charge in [-0.3, -0.25) is 4.79 Å². The van der Waals surface area contributed by atoms with E-state index in [1.807, 2.05) is 52.7 Å². The largest absolute Gasteiger partial charge is 0.497 e. The molecule has 2 aromatic heterocycles. The van der Waals surface area contributed by atoms with Crippen LogP contribution in [0.5, 0.6) is 5.75 Å². The molecule has 0 aliphatic rings. The smallest absolute Gasteiger partial charge is 0.267 e. The fourth-order valence-electron chi connectivity index (χ4n) is 2.98. The number of thiophene rings is 1. The highest BCUT2D eigenvalue weighted by atomic mass is 32.1. The molecule has 2 aromatic carbocycles. The summed E-state index contributed by atoms with van der Waals surface area (Å²) in [5.74, 6) is 0.161. The second kappa shape index (κ2) is 7.70. The zero-order chi connectivity index (χ0) is 19.5. The van der Waals surface area contributed by atoms with Crippen molar-refractivity contribution in [3.63, 3.8) is 0 Å². The first-order chi connectivity index (χ1) is 13.7. The molecule has 0 aliphatic heterocycles. The number of hydrogen-bond donors (Lipinski definition) is 1. The molecule has 0 aliphatic carbocycles. The summed E-state index contributed by atoms with van der Waals surface area (Å²) in [6, 6.07) is 17.3. The van der Waals surface area contributed by atoms with Gasteiger partial charge in [-0.2, -0.15) is 0 Å². The molecule has 0 bridgehead atoms. The maximum atomic E-state index is 13.3. The number of methoxy groups -OCH3 is 1. The van der Waals surface area contributed by atoms with Gasteiger partial charge in [0.1, 0.15) is 16.4 Å². The molecular weight excluding hydrogens is 375 g/mol. The van der Waals surface area contributed by atoms with Crippen LogP contribution in [0.4, 0.5) is 10.1 Å². The zero-order valence-corrected chi connectivity index (χ0v) is 15.9. The van der Waals surface area contributed by atoms with Gasteiger partial charge in [-0.1, -0.05) is 18.2 Å². The number of nitrogens with one attached hydrogen (secondary N) is 1. The van der Waals surface area contributed by atoms with Crippen LogP contribution in [0.1, 0.15) is 9.67 Å². The molecule has 2 heterocycles. The van der Waals surface area contributed by atoms with Gasteiger partial charge in [-0.25, -0.2) is 4.39 Å². The van der Waals surface area contributed by atoms with E-state index in [2.05, 4.69) is 5.32 Å². The van der Waals surface area contributed by atoms with Crippen molar-refractivity contribution in [3.05, 3.63) is 89.1 Å². The van der Waals surface area contributed by atoms with Gasteiger partial charge < -0.3 is 14.6 Å². The monoisotopic (exact) mass is 392 g/mol. The van der Waals surface area contributed by atoms with E-state index >= 15 is 0 Å². The van der Waals surface area contributed by atoms with Crippen LogP contribution in [0.2, 0.25) is 0 Å². The SMILES string of the molecule is COc1cccc(NC(=O)c2scc(-c3ccc(F)cc3)c2-n2cccc2)c1. The fourth-order valence-corrected chi connectivity index (χ4v) is 3.94. The Labute approximate surface area is 165 Å². The first-order valence-electron chi connectivity index (χ1n) is 8.62. The molecule has 0 unspecified atom stereocenters. The van der Waals surface area contributed by atoms with E-state index in [1.54, 1.807) is 25.3 Å². The number of benzene rings is 2. The average Bonchev–Trinajstić information content (AvgIpc) is 3.38. The lowest BCUT2D eigenvalue weighted by Gasteiger charge is -2.11. The van der Waals surface area contributed by atoms with Crippen molar-refractivity contribution in [1.29, 1.82) is 0 Å². The Hall–Kier alpha value is -3.38. The minimum absolute atomic E-state index is 0.213. The Morgan fingerprint density at radius 1 is 1.07 bits per heavy atom. The molecule has 0 atom stereocenters. The molecule has 0 spiro atoms. The molecule has 0 saturated heterocycles. The van der Waals surface area contributed by atoms with Gasteiger partial charge in [0.25, 0.3) is 5.91 Å². The number of anilines is 1. The van der Waals surface area contributed by atoms with E-state index in [-0.39, 0.29) is 11.7 Å². The van der Waals surface area contributed by atoms with E-state index in [1.165, 1.54) is 23.5 Å². The van der Waals surface area contributed by atoms with Gasteiger partial charge in [-0.05, 0) is 42.0 Å². The van der Waals surface area contributed by atoms with E-state index in [0.717, 1.165) is 16.8 Å². The summed E-state index contributed by atoms with van der Waals surface area (Å²) < 4.78 is 20.4. The van der Waals surface area contributed by atoms with E-state index in [0.29, 0.717) is 16.3 Å². The number of carbonyl (C=O) groups excluding carboxylic acids is 1. The van der Waals surface area contributed by atoms with Crippen molar-refractivity contribution in [3.8, 4) is 22.6 Å². The highest BCUT2D eigenvalue weighted by Crippen LogP contribution is 2.35. The van der Waals surface area contributed by atoms with Crippen LogP contribution < -0.4 is 10.1 Å². The van der Waals surface area contributed by atoms with Crippen LogP contribution in [0.25, 0.3) is 16.8 Å². The standard InChI is InChI=1S/C22H17FN2O2S/c1-27-18-6-4-5-17(13-18)24-22(26)21-20(25-11-2-3-12-25)19(14-28-21)15-7-9-16(23)10-8-15/h2-14H,1H3,(H,24,26). The van der Waals surface area contributed by atoms with E-state index in [9.17, 15) is 9.18 Å². The predicted molar refractivity (Wildman–Crippen MR) is 110 cm³/mol. The second-order valence-corrected chi connectivity index (χ2v) is 6.99. The van der Waals surface area contributed by atoms with Crippen LogP contribution in [-0.2, 0) is 0 Å². The summed E-state index contributed by atoms with van der Waals surface area (Å²) in [6.07, 6.45) is 3.77. The second-order valence-electron chi connectivity index (χ2n) is 6.11. The highest BCUT2D eigenvalue weighted by molar-refractivity contribution is 7.13. The first kappa shape index (κ1) is 18.0. The van der Waals surface area contributed by atoms with Crippen LogP contribution >= 0.6 is 11.3 Å². The van der Waals surface area contributed by atoms with E-state index < -0.39 is 0 Å². The molecule has 1 N–H and O–H groups in total. The summed E-state index contributed by atoms with van der Waals surface area (Å²) in [5.41, 5.74) is 3.14.